The third-order valence-electron chi connectivity index (χ3n) is 4.18. The van der Waals surface area contributed by atoms with E-state index in [1.807, 2.05) is 60.7 Å². The molecular formula is C22H17N3O3. The lowest BCUT2D eigenvalue weighted by atomic mass is 10.2. The van der Waals surface area contributed by atoms with Crippen molar-refractivity contribution >= 4 is 17.3 Å². The van der Waals surface area contributed by atoms with Crippen LogP contribution in [0.5, 0.6) is 0 Å². The maximum Gasteiger partial charge on any atom is 0.275 e. The highest BCUT2D eigenvalue weighted by molar-refractivity contribution is 5.95. The topological polar surface area (TPSA) is 78.3 Å². The van der Waals surface area contributed by atoms with E-state index in [1.165, 1.54) is 12.3 Å². The van der Waals surface area contributed by atoms with Crippen LogP contribution in [0.25, 0.3) is 11.5 Å². The zero-order chi connectivity index (χ0) is 19.3. The standard InChI is InChI=1S/C22H17N3O3/c26-21-18(13-14-19(23-21)20-12-7-15-28-20)22(27)24-25(16-8-3-1-4-9-16)17-10-5-2-6-11-17/h1-15H,(H,23,26)(H,24,27). The van der Waals surface area contributed by atoms with Gasteiger partial charge in [-0.15, -0.1) is 0 Å². The number of carbonyl (C=O) groups is 1. The van der Waals surface area contributed by atoms with Crippen molar-refractivity contribution in [3.8, 4) is 11.5 Å². The van der Waals surface area contributed by atoms with Crippen LogP contribution >= 0.6 is 0 Å². The molecule has 0 saturated carbocycles. The maximum atomic E-state index is 12.8. The lowest BCUT2D eigenvalue weighted by Crippen LogP contribution is -2.41. The fourth-order valence-electron chi connectivity index (χ4n) is 2.82. The number of rotatable bonds is 5. The van der Waals surface area contributed by atoms with Gasteiger partial charge >= 0.3 is 0 Å². The summed E-state index contributed by atoms with van der Waals surface area (Å²) in [5, 5.41) is 1.64. The highest BCUT2D eigenvalue weighted by Crippen LogP contribution is 2.23. The normalized spacial score (nSPS) is 10.4. The van der Waals surface area contributed by atoms with Crippen molar-refractivity contribution in [2.45, 2.75) is 0 Å². The molecule has 138 valence electrons. The zero-order valence-corrected chi connectivity index (χ0v) is 14.8. The van der Waals surface area contributed by atoms with E-state index < -0.39 is 11.5 Å². The number of hydrazine groups is 1. The van der Waals surface area contributed by atoms with Crippen LogP contribution in [0.2, 0.25) is 0 Å². The summed E-state index contributed by atoms with van der Waals surface area (Å²) in [7, 11) is 0. The van der Waals surface area contributed by atoms with Crippen molar-refractivity contribution in [1.29, 1.82) is 0 Å². The number of amides is 1. The number of aromatic amines is 1. The fourth-order valence-corrected chi connectivity index (χ4v) is 2.82. The molecule has 2 aromatic heterocycles. The minimum Gasteiger partial charge on any atom is -0.463 e. The van der Waals surface area contributed by atoms with Crippen LogP contribution in [-0.2, 0) is 0 Å². The summed E-state index contributed by atoms with van der Waals surface area (Å²) in [6, 6.07) is 25.4. The Kier molecular flexibility index (Phi) is 4.76. The Balaban J connectivity index is 1.64. The van der Waals surface area contributed by atoms with Crippen LogP contribution in [-0.4, -0.2) is 10.9 Å². The Hall–Kier alpha value is -4.06. The SMILES string of the molecule is O=C(NN(c1ccccc1)c1ccccc1)c1ccc(-c2ccco2)[nH]c1=O. The van der Waals surface area contributed by atoms with E-state index in [2.05, 4.69) is 10.4 Å². The first-order chi connectivity index (χ1) is 13.7. The van der Waals surface area contributed by atoms with Gasteiger partial charge in [0.15, 0.2) is 0 Å². The van der Waals surface area contributed by atoms with Gasteiger partial charge in [-0.2, -0.15) is 0 Å². The Labute approximate surface area is 161 Å². The second-order valence-electron chi connectivity index (χ2n) is 6.04. The predicted octanol–water partition coefficient (Wildman–Crippen LogP) is 4.12. The van der Waals surface area contributed by atoms with Gasteiger partial charge < -0.3 is 9.40 Å². The number of H-pyrrole nitrogens is 1. The van der Waals surface area contributed by atoms with Crippen LogP contribution in [0, 0.1) is 0 Å². The molecule has 4 aromatic rings. The Morgan fingerprint density at radius 1 is 0.821 bits per heavy atom. The van der Waals surface area contributed by atoms with E-state index in [0.29, 0.717) is 11.5 Å². The molecule has 0 spiro atoms. The molecule has 28 heavy (non-hydrogen) atoms. The maximum absolute atomic E-state index is 12.8. The van der Waals surface area contributed by atoms with Gasteiger partial charge in [-0.05, 0) is 48.5 Å². The van der Waals surface area contributed by atoms with Crippen LogP contribution < -0.4 is 16.0 Å². The van der Waals surface area contributed by atoms with Crippen LogP contribution in [0.3, 0.4) is 0 Å². The van der Waals surface area contributed by atoms with Crippen LogP contribution in [0.15, 0.2) is 100 Å². The molecule has 2 aromatic carbocycles. The number of aromatic nitrogens is 1. The van der Waals surface area contributed by atoms with Gasteiger partial charge in [-0.1, -0.05) is 36.4 Å². The zero-order valence-electron chi connectivity index (χ0n) is 14.8. The van der Waals surface area contributed by atoms with Crippen molar-refractivity contribution in [2.75, 3.05) is 5.01 Å². The van der Waals surface area contributed by atoms with Gasteiger partial charge in [0, 0.05) is 0 Å². The number of furan rings is 1. The predicted molar refractivity (Wildman–Crippen MR) is 107 cm³/mol. The molecule has 4 rings (SSSR count). The number of carbonyl (C=O) groups excluding carboxylic acids is 1. The number of hydrogen-bond acceptors (Lipinski definition) is 4. The molecule has 0 atom stereocenters. The molecular weight excluding hydrogens is 354 g/mol. The van der Waals surface area contributed by atoms with Crippen molar-refractivity contribution in [2.24, 2.45) is 0 Å². The molecule has 0 radical (unpaired) electrons. The number of nitrogens with one attached hydrogen (secondary N) is 2. The summed E-state index contributed by atoms with van der Waals surface area (Å²) in [5.41, 5.74) is 4.37. The van der Waals surface area contributed by atoms with E-state index in [9.17, 15) is 9.59 Å². The Morgan fingerprint density at radius 2 is 1.46 bits per heavy atom. The largest absolute Gasteiger partial charge is 0.463 e. The number of pyridine rings is 1. The quantitative estimate of drug-likeness (QED) is 0.517. The summed E-state index contributed by atoms with van der Waals surface area (Å²) in [6.45, 7) is 0. The number of anilines is 2. The first-order valence-electron chi connectivity index (χ1n) is 8.71. The summed E-state index contributed by atoms with van der Waals surface area (Å²) in [4.78, 5) is 28.0. The average Bonchev–Trinajstić information content (AvgIpc) is 3.28. The smallest absolute Gasteiger partial charge is 0.275 e. The molecule has 0 aliphatic heterocycles. The molecule has 6 nitrogen and oxygen atoms in total. The van der Waals surface area contributed by atoms with Gasteiger partial charge in [0.05, 0.1) is 23.3 Å². The van der Waals surface area contributed by atoms with Gasteiger partial charge in [0.1, 0.15) is 11.3 Å². The monoisotopic (exact) mass is 371 g/mol. The lowest BCUT2D eigenvalue weighted by Gasteiger charge is -2.25. The first-order valence-corrected chi connectivity index (χ1v) is 8.71. The van der Waals surface area contributed by atoms with Crippen molar-refractivity contribution in [1.82, 2.24) is 10.4 Å². The highest BCUT2D eigenvalue weighted by Gasteiger charge is 2.17. The minimum atomic E-state index is -0.514. The molecule has 1 amide bonds. The third kappa shape index (κ3) is 3.57. The molecule has 6 heteroatoms. The molecule has 0 aliphatic carbocycles. The van der Waals surface area contributed by atoms with Gasteiger partial charge in [-0.3, -0.25) is 20.0 Å². The molecule has 0 fully saturated rings. The van der Waals surface area contributed by atoms with E-state index in [-0.39, 0.29) is 5.56 Å². The lowest BCUT2D eigenvalue weighted by molar-refractivity contribution is 0.0952. The van der Waals surface area contributed by atoms with Gasteiger partial charge in [0.25, 0.3) is 11.5 Å². The number of nitrogens with zero attached hydrogens (tertiary/aromatic N) is 1. The molecule has 0 unspecified atom stereocenters. The van der Waals surface area contributed by atoms with Crippen molar-refractivity contribution in [3.63, 3.8) is 0 Å². The molecule has 0 aliphatic rings. The minimum absolute atomic E-state index is 0.00664. The second-order valence-corrected chi connectivity index (χ2v) is 6.04. The summed E-state index contributed by atoms with van der Waals surface area (Å²) < 4.78 is 5.28. The number of benzene rings is 2. The number of hydrogen-bond donors (Lipinski definition) is 2. The van der Waals surface area contributed by atoms with Gasteiger partial charge in [0.2, 0.25) is 0 Å². The Bertz CT molecular complexity index is 1080. The Morgan fingerprint density at radius 3 is 2.00 bits per heavy atom. The molecule has 0 saturated heterocycles. The summed E-state index contributed by atoms with van der Waals surface area (Å²) in [5.74, 6) is 0.0132. The summed E-state index contributed by atoms with van der Waals surface area (Å²) in [6.07, 6.45) is 1.52. The van der Waals surface area contributed by atoms with Crippen LogP contribution in [0.1, 0.15) is 10.4 Å². The fraction of sp³-hybridized carbons (Fsp3) is 0. The van der Waals surface area contributed by atoms with E-state index in [0.717, 1.165) is 11.4 Å². The molecule has 2 heterocycles. The number of para-hydroxylation sites is 2. The highest BCUT2D eigenvalue weighted by atomic mass is 16.3. The summed E-state index contributed by atoms with van der Waals surface area (Å²) >= 11 is 0. The molecule has 0 bridgehead atoms. The van der Waals surface area contributed by atoms with Crippen molar-refractivity contribution < 1.29 is 9.21 Å². The van der Waals surface area contributed by atoms with Crippen molar-refractivity contribution in [3.05, 3.63) is 107 Å². The average molecular weight is 371 g/mol. The van der Waals surface area contributed by atoms with E-state index in [4.69, 9.17) is 4.42 Å². The van der Waals surface area contributed by atoms with Crippen LogP contribution in [0.4, 0.5) is 11.4 Å². The van der Waals surface area contributed by atoms with E-state index >= 15 is 0 Å². The second kappa shape index (κ2) is 7.67. The molecule has 2 N–H and O–H groups in total. The van der Waals surface area contributed by atoms with E-state index in [1.54, 1.807) is 23.2 Å². The van der Waals surface area contributed by atoms with Gasteiger partial charge in [-0.25, -0.2) is 0 Å². The first kappa shape index (κ1) is 17.4. The third-order valence-corrected chi connectivity index (χ3v) is 4.18.